The Kier molecular flexibility index (Phi) is 4.32. The van der Waals surface area contributed by atoms with E-state index < -0.39 is 5.97 Å². The fraction of sp³-hybridized carbons (Fsp3) is 0.273. The van der Waals surface area contributed by atoms with E-state index in [1.807, 2.05) is 0 Å². The number of ether oxygens (including phenoxy) is 1. The molecule has 1 aromatic rings. The van der Waals surface area contributed by atoms with Gasteiger partial charge in [0.05, 0.1) is 7.11 Å². The van der Waals surface area contributed by atoms with Gasteiger partial charge in [0.25, 0.3) is 0 Å². The Morgan fingerprint density at radius 2 is 2.47 bits per heavy atom. The van der Waals surface area contributed by atoms with Gasteiger partial charge in [0.15, 0.2) is 0 Å². The quantitative estimate of drug-likeness (QED) is 0.565. The van der Waals surface area contributed by atoms with Crippen molar-refractivity contribution in [1.82, 2.24) is 4.98 Å². The highest BCUT2D eigenvalue weighted by Crippen LogP contribution is 2.01. The number of nitrogens with two attached hydrogens (primary N) is 1. The van der Waals surface area contributed by atoms with Crippen LogP contribution in [0.4, 0.5) is 0 Å². The molecule has 78 valence electrons. The predicted molar refractivity (Wildman–Crippen MR) is 56.1 cm³/mol. The van der Waals surface area contributed by atoms with Crippen LogP contribution < -0.4 is 5.73 Å². The molecule has 2 N–H and O–H groups in total. The van der Waals surface area contributed by atoms with Crippen molar-refractivity contribution in [1.29, 1.82) is 0 Å². The lowest BCUT2D eigenvalue weighted by atomic mass is 10.2. The van der Waals surface area contributed by atoms with Crippen LogP contribution in [-0.4, -0.2) is 24.6 Å². The van der Waals surface area contributed by atoms with E-state index in [1.54, 1.807) is 12.1 Å². The van der Waals surface area contributed by atoms with Crippen LogP contribution in [0.3, 0.4) is 0 Å². The van der Waals surface area contributed by atoms with Gasteiger partial charge in [0.1, 0.15) is 5.69 Å². The van der Waals surface area contributed by atoms with Crippen LogP contribution in [0.15, 0.2) is 18.3 Å². The summed E-state index contributed by atoms with van der Waals surface area (Å²) in [6, 6.07) is 3.32. The van der Waals surface area contributed by atoms with Gasteiger partial charge in [-0.2, -0.15) is 0 Å². The minimum Gasteiger partial charge on any atom is -0.464 e. The van der Waals surface area contributed by atoms with Gasteiger partial charge in [-0.15, -0.1) is 0 Å². The highest BCUT2D eigenvalue weighted by molar-refractivity contribution is 5.87. The number of hydrogen-bond acceptors (Lipinski definition) is 4. The van der Waals surface area contributed by atoms with Crippen molar-refractivity contribution in [2.45, 2.75) is 6.42 Å². The molecule has 0 aromatic carbocycles. The lowest BCUT2D eigenvalue weighted by Crippen LogP contribution is -2.03. The van der Waals surface area contributed by atoms with E-state index in [-0.39, 0.29) is 5.69 Å². The average molecular weight is 204 g/mol. The molecule has 0 saturated carbocycles. The van der Waals surface area contributed by atoms with Gasteiger partial charge in [0, 0.05) is 24.7 Å². The molecule has 1 heterocycles. The predicted octanol–water partition coefficient (Wildman–Crippen LogP) is 0.569. The van der Waals surface area contributed by atoms with Gasteiger partial charge in [-0.1, -0.05) is 11.8 Å². The monoisotopic (exact) mass is 204 g/mol. The zero-order chi connectivity index (χ0) is 11.1. The van der Waals surface area contributed by atoms with Gasteiger partial charge >= 0.3 is 5.97 Å². The van der Waals surface area contributed by atoms with E-state index in [4.69, 9.17) is 5.73 Å². The van der Waals surface area contributed by atoms with Crippen LogP contribution in [0.25, 0.3) is 0 Å². The molecule has 0 aliphatic carbocycles. The Morgan fingerprint density at radius 3 is 3.13 bits per heavy atom. The number of carbonyl (C=O) groups is 1. The molecule has 0 aliphatic rings. The summed E-state index contributed by atoms with van der Waals surface area (Å²) >= 11 is 0. The molecule has 4 heteroatoms. The highest BCUT2D eigenvalue weighted by atomic mass is 16.5. The SMILES string of the molecule is COC(=O)c1cc(C#CCCN)ccn1. The van der Waals surface area contributed by atoms with Gasteiger partial charge in [-0.25, -0.2) is 9.78 Å². The van der Waals surface area contributed by atoms with Crippen LogP contribution in [0, 0.1) is 11.8 Å². The molecule has 1 rings (SSSR count). The van der Waals surface area contributed by atoms with Crippen molar-refractivity contribution in [2.24, 2.45) is 5.73 Å². The third kappa shape index (κ3) is 3.41. The first-order chi connectivity index (χ1) is 7.27. The Balaban J connectivity index is 2.84. The molecular formula is C11H12N2O2. The molecule has 0 amide bonds. The average Bonchev–Trinajstić information content (AvgIpc) is 2.29. The molecular weight excluding hydrogens is 192 g/mol. The molecule has 0 unspecified atom stereocenters. The second kappa shape index (κ2) is 5.78. The van der Waals surface area contributed by atoms with E-state index >= 15 is 0 Å². The molecule has 0 spiro atoms. The maximum atomic E-state index is 11.1. The van der Waals surface area contributed by atoms with Crippen molar-refractivity contribution in [2.75, 3.05) is 13.7 Å². The number of pyridine rings is 1. The second-order valence-electron chi connectivity index (χ2n) is 2.76. The number of nitrogens with zero attached hydrogens (tertiary/aromatic N) is 1. The number of aromatic nitrogens is 1. The number of methoxy groups -OCH3 is 1. The van der Waals surface area contributed by atoms with Crippen molar-refractivity contribution < 1.29 is 9.53 Å². The van der Waals surface area contributed by atoms with Crippen LogP contribution in [0.5, 0.6) is 0 Å². The zero-order valence-electron chi connectivity index (χ0n) is 8.49. The van der Waals surface area contributed by atoms with E-state index in [0.29, 0.717) is 13.0 Å². The molecule has 1 aromatic heterocycles. The summed E-state index contributed by atoms with van der Waals surface area (Å²) in [7, 11) is 1.32. The van der Waals surface area contributed by atoms with Gasteiger partial charge in [-0.05, 0) is 12.1 Å². The van der Waals surface area contributed by atoms with Gasteiger partial charge < -0.3 is 10.5 Å². The summed E-state index contributed by atoms with van der Waals surface area (Å²) < 4.78 is 4.55. The summed E-state index contributed by atoms with van der Waals surface area (Å²) in [6.45, 7) is 0.530. The van der Waals surface area contributed by atoms with Crippen LogP contribution in [0.2, 0.25) is 0 Å². The maximum Gasteiger partial charge on any atom is 0.356 e. The summed E-state index contributed by atoms with van der Waals surface area (Å²) in [5.41, 5.74) is 6.30. The Labute approximate surface area is 88.5 Å². The Morgan fingerprint density at radius 1 is 1.67 bits per heavy atom. The van der Waals surface area contributed by atoms with Crippen molar-refractivity contribution in [3.63, 3.8) is 0 Å². The van der Waals surface area contributed by atoms with E-state index in [2.05, 4.69) is 21.6 Å². The third-order valence-corrected chi connectivity index (χ3v) is 1.66. The normalized spacial score (nSPS) is 8.93. The maximum absolute atomic E-state index is 11.1. The lowest BCUT2D eigenvalue weighted by molar-refractivity contribution is 0.0594. The minimum atomic E-state index is -0.461. The molecule has 0 radical (unpaired) electrons. The largest absolute Gasteiger partial charge is 0.464 e. The molecule has 0 fully saturated rings. The topological polar surface area (TPSA) is 65.2 Å². The first kappa shape index (κ1) is 11.2. The lowest BCUT2D eigenvalue weighted by Gasteiger charge is -1.97. The first-order valence-electron chi connectivity index (χ1n) is 4.51. The zero-order valence-corrected chi connectivity index (χ0v) is 8.49. The Hall–Kier alpha value is -1.86. The van der Waals surface area contributed by atoms with E-state index in [0.717, 1.165) is 5.56 Å². The number of hydrogen-bond donors (Lipinski definition) is 1. The smallest absolute Gasteiger partial charge is 0.356 e. The molecule has 0 aliphatic heterocycles. The van der Waals surface area contributed by atoms with Gasteiger partial charge in [-0.3, -0.25) is 0 Å². The first-order valence-corrected chi connectivity index (χ1v) is 4.51. The minimum absolute atomic E-state index is 0.261. The van der Waals surface area contributed by atoms with Crippen LogP contribution in [0.1, 0.15) is 22.5 Å². The summed E-state index contributed by atoms with van der Waals surface area (Å²) in [6.07, 6.45) is 2.16. The highest BCUT2D eigenvalue weighted by Gasteiger charge is 2.05. The number of rotatable bonds is 2. The van der Waals surface area contributed by atoms with Gasteiger partial charge in [0.2, 0.25) is 0 Å². The summed E-state index contributed by atoms with van der Waals surface area (Å²) in [5.74, 6) is 5.31. The van der Waals surface area contributed by atoms with Crippen molar-refractivity contribution in [3.05, 3.63) is 29.6 Å². The number of esters is 1. The fourth-order valence-electron chi connectivity index (χ4n) is 0.961. The van der Waals surface area contributed by atoms with Crippen LogP contribution >= 0.6 is 0 Å². The molecule has 4 nitrogen and oxygen atoms in total. The Bertz CT molecular complexity index is 405. The van der Waals surface area contributed by atoms with Crippen LogP contribution in [-0.2, 0) is 4.74 Å². The molecule has 0 atom stereocenters. The standard InChI is InChI=1S/C11H12N2O2/c1-15-11(14)10-8-9(5-7-13-10)4-2-3-6-12/h5,7-8H,3,6,12H2,1H3. The summed E-state index contributed by atoms with van der Waals surface area (Å²) in [4.78, 5) is 15.0. The number of carbonyl (C=O) groups excluding carboxylic acids is 1. The van der Waals surface area contributed by atoms with E-state index in [9.17, 15) is 4.79 Å². The third-order valence-electron chi connectivity index (χ3n) is 1.66. The summed E-state index contributed by atoms with van der Waals surface area (Å²) in [5, 5.41) is 0. The van der Waals surface area contributed by atoms with E-state index in [1.165, 1.54) is 13.3 Å². The molecule has 15 heavy (non-hydrogen) atoms. The fourth-order valence-corrected chi connectivity index (χ4v) is 0.961. The second-order valence-corrected chi connectivity index (χ2v) is 2.76. The molecule has 0 saturated heterocycles. The van der Waals surface area contributed by atoms with Crippen molar-refractivity contribution in [3.8, 4) is 11.8 Å². The van der Waals surface area contributed by atoms with Crippen molar-refractivity contribution >= 4 is 5.97 Å². The molecule has 0 bridgehead atoms.